The van der Waals surface area contributed by atoms with Crippen molar-refractivity contribution in [3.63, 3.8) is 0 Å². The van der Waals surface area contributed by atoms with Gasteiger partial charge in [-0.25, -0.2) is 9.78 Å². The number of pyridine rings is 1. The zero-order chi connectivity index (χ0) is 17.4. The lowest BCUT2D eigenvalue weighted by Crippen LogP contribution is -2.35. The molecule has 0 radical (unpaired) electrons. The fourth-order valence-corrected chi connectivity index (χ4v) is 3.10. The molecule has 0 saturated heterocycles. The minimum Gasteiger partial charge on any atom is -0.395 e. The molecule has 128 valence electrons. The van der Waals surface area contributed by atoms with Gasteiger partial charge in [0, 0.05) is 37.4 Å². The second-order valence-corrected chi connectivity index (χ2v) is 6.10. The van der Waals surface area contributed by atoms with Gasteiger partial charge in [0.1, 0.15) is 11.5 Å². The molecule has 1 aliphatic rings. The molecule has 4 N–H and O–H groups in total. The maximum atomic E-state index is 11.8. The third-order valence-electron chi connectivity index (χ3n) is 4.36. The number of nitrogens with zero attached hydrogens (tertiary/aromatic N) is 2. The number of rotatable bonds is 4. The summed E-state index contributed by atoms with van der Waals surface area (Å²) in [5, 5.41) is 16.1. The van der Waals surface area contributed by atoms with E-state index >= 15 is 0 Å². The van der Waals surface area contributed by atoms with Crippen molar-refractivity contribution in [3.05, 3.63) is 42.1 Å². The highest BCUT2D eigenvalue weighted by Gasteiger charge is 2.20. The first-order valence-corrected chi connectivity index (χ1v) is 8.14. The van der Waals surface area contributed by atoms with Crippen LogP contribution in [0.1, 0.15) is 5.56 Å². The summed E-state index contributed by atoms with van der Waals surface area (Å²) in [5.41, 5.74) is 4.83. The molecule has 3 heterocycles. The first kappa shape index (κ1) is 15.5. The Labute approximate surface area is 144 Å². The van der Waals surface area contributed by atoms with Crippen LogP contribution in [0.3, 0.4) is 0 Å². The predicted octanol–water partition coefficient (Wildman–Crippen LogP) is 2.61. The fourth-order valence-electron chi connectivity index (χ4n) is 3.10. The molecule has 0 fully saturated rings. The van der Waals surface area contributed by atoms with Gasteiger partial charge in [-0.05, 0) is 41.0 Å². The first-order valence-electron chi connectivity index (χ1n) is 8.14. The second-order valence-electron chi connectivity index (χ2n) is 6.10. The number of carbonyl (C=O) groups excluding carboxylic acids is 1. The summed E-state index contributed by atoms with van der Waals surface area (Å²) >= 11 is 0. The number of carbonyl (C=O) groups is 1. The Balaban J connectivity index is 1.80. The van der Waals surface area contributed by atoms with E-state index in [-0.39, 0.29) is 12.6 Å². The van der Waals surface area contributed by atoms with Crippen LogP contribution in [0.4, 0.5) is 16.3 Å². The maximum Gasteiger partial charge on any atom is 0.321 e. The van der Waals surface area contributed by atoms with Gasteiger partial charge in [-0.1, -0.05) is 6.07 Å². The van der Waals surface area contributed by atoms with Crippen LogP contribution >= 0.6 is 0 Å². The van der Waals surface area contributed by atoms with Gasteiger partial charge in [0.25, 0.3) is 0 Å². The summed E-state index contributed by atoms with van der Waals surface area (Å²) in [4.78, 5) is 21.1. The number of urea groups is 1. The lowest BCUT2D eigenvalue weighted by Gasteiger charge is -2.26. The summed E-state index contributed by atoms with van der Waals surface area (Å²) < 4.78 is 0. The number of amides is 2. The van der Waals surface area contributed by atoms with Gasteiger partial charge < -0.3 is 25.6 Å². The van der Waals surface area contributed by atoms with E-state index in [2.05, 4.69) is 26.7 Å². The van der Waals surface area contributed by atoms with E-state index in [1.807, 2.05) is 30.5 Å². The van der Waals surface area contributed by atoms with E-state index in [4.69, 9.17) is 5.11 Å². The third kappa shape index (κ3) is 2.78. The smallest absolute Gasteiger partial charge is 0.321 e. The monoisotopic (exact) mass is 337 g/mol. The number of nitrogens with one attached hydrogen (secondary N) is 3. The quantitative estimate of drug-likeness (QED) is 0.589. The van der Waals surface area contributed by atoms with E-state index in [1.165, 1.54) is 0 Å². The Bertz CT molecular complexity index is 950. The number of H-pyrrole nitrogens is 1. The van der Waals surface area contributed by atoms with Crippen LogP contribution in [0, 0.1) is 0 Å². The molecule has 2 amide bonds. The predicted molar refractivity (Wildman–Crippen MR) is 97.6 cm³/mol. The van der Waals surface area contributed by atoms with Crippen LogP contribution in [0.25, 0.3) is 22.2 Å². The summed E-state index contributed by atoms with van der Waals surface area (Å²) in [6, 6.07) is 9.94. The van der Waals surface area contributed by atoms with Gasteiger partial charge >= 0.3 is 6.03 Å². The van der Waals surface area contributed by atoms with Gasteiger partial charge in [-0.15, -0.1) is 0 Å². The number of benzene rings is 1. The molecule has 0 spiro atoms. The number of aromatic nitrogens is 2. The molecule has 0 bridgehead atoms. The number of aliphatic hydroxyl groups is 1. The lowest BCUT2D eigenvalue weighted by atomic mass is 9.99. The van der Waals surface area contributed by atoms with Crippen LogP contribution in [0.15, 0.2) is 36.5 Å². The number of fused-ring (bicyclic) bond motifs is 2. The molecule has 7 nitrogen and oxygen atoms in total. The number of anilines is 2. The average molecular weight is 337 g/mol. The number of hydrogen-bond donors (Lipinski definition) is 4. The summed E-state index contributed by atoms with van der Waals surface area (Å²) in [6.45, 7) is 1.07. The van der Waals surface area contributed by atoms with Crippen LogP contribution in [-0.4, -0.2) is 46.2 Å². The van der Waals surface area contributed by atoms with Gasteiger partial charge in [-0.3, -0.25) is 0 Å². The zero-order valence-corrected chi connectivity index (χ0v) is 13.8. The molecule has 3 aromatic rings. The molecule has 0 unspecified atom stereocenters. The molecule has 0 saturated carbocycles. The Morgan fingerprint density at radius 3 is 3.04 bits per heavy atom. The molecule has 4 rings (SSSR count). The third-order valence-corrected chi connectivity index (χ3v) is 4.36. The Morgan fingerprint density at radius 2 is 2.20 bits per heavy atom. The normalized spacial score (nSPS) is 13.7. The Morgan fingerprint density at radius 1 is 1.32 bits per heavy atom. The summed E-state index contributed by atoms with van der Waals surface area (Å²) in [5.74, 6) is 0.710. The maximum absolute atomic E-state index is 11.8. The minimum atomic E-state index is -0.0901. The van der Waals surface area contributed by atoms with Gasteiger partial charge in [-0.2, -0.15) is 0 Å². The molecule has 1 aliphatic heterocycles. The van der Waals surface area contributed by atoms with Gasteiger partial charge in [0.05, 0.1) is 6.61 Å². The van der Waals surface area contributed by atoms with Crippen molar-refractivity contribution in [1.82, 2.24) is 14.9 Å². The largest absolute Gasteiger partial charge is 0.395 e. The van der Waals surface area contributed by atoms with E-state index in [0.717, 1.165) is 33.4 Å². The van der Waals surface area contributed by atoms with Gasteiger partial charge in [0.15, 0.2) is 0 Å². The first-order chi connectivity index (χ1) is 12.2. The standard InChI is InChI=1S/C18H19N5O2/c1-23-10-12-8-11(2-3-15(12)21-18(23)25)14-9-16(19-6-7-24)22-17-13(14)4-5-20-17/h2-5,8-9,24H,6-7,10H2,1H3,(H,21,25)(H2,19,20,22). The van der Waals surface area contributed by atoms with Gasteiger partial charge in [0.2, 0.25) is 0 Å². The van der Waals surface area contributed by atoms with Crippen LogP contribution < -0.4 is 10.6 Å². The zero-order valence-electron chi connectivity index (χ0n) is 13.8. The Hall–Kier alpha value is -3.06. The highest BCUT2D eigenvalue weighted by molar-refractivity contribution is 5.97. The van der Waals surface area contributed by atoms with Crippen molar-refractivity contribution in [3.8, 4) is 11.1 Å². The molecule has 2 aromatic heterocycles. The van der Waals surface area contributed by atoms with Crippen molar-refractivity contribution < 1.29 is 9.90 Å². The minimum absolute atomic E-state index is 0.0463. The van der Waals surface area contributed by atoms with E-state index < -0.39 is 0 Å². The summed E-state index contributed by atoms with van der Waals surface area (Å²) in [6.07, 6.45) is 1.86. The highest BCUT2D eigenvalue weighted by atomic mass is 16.3. The molecule has 25 heavy (non-hydrogen) atoms. The average Bonchev–Trinajstić information content (AvgIpc) is 3.08. The molecule has 1 aromatic carbocycles. The topological polar surface area (TPSA) is 93.3 Å². The van der Waals surface area contributed by atoms with Crippen molar-refractivity contribution >= 4 is 28.6 Å². The van der Waals surface area contributed by atoms with Crippen LogP contribution in [0.5, 0.6) is 0 Å². The van der Waals surface area contributed by atoms with Crippen molar-refractivity contribution in [2.75, 3.05) is 30.8 Å². The van der Waals surface area contributed by atoms with Crippen molar-refractivity contribution in [2.24, 2.45) is 0 Å². The lowest BCUT2D eigenvalue weighted by molar-refractivity contribution is 0.218. The molecular weight excluding hydrogens is 318 g/mol. The van der Waals surface area contributed by atoms with E-state index in [0.29, 0.717) is 18.9 Å². The van der Waals surface area contributed by atoms with Crippen molar-refractivity contribution in [2.45, 2.75) is 6.54 Å². The van der Waals surface area contributed by atoms with Crippen LogP contribution in [0.2, 0.25) is 0 Å². The number of aliphatic hydroxyl groups excluding tert-OH is 1. The van der Waals surface area contributed by atoms with Crippen LogP contribution in [-0.2, 0) is 6.54 Å². The number of hydrogen-bond acceptors (Lipinski definition) is 4. The fraction of sp³-hybridized carbons (Fsp3) is 0.222. The van der Waals surface area contributed by atoms with Crippen molar-refractivity contribution in [1.29, 1.82) is 0 Å². The SMILES string of the molecule is CN1Cc2cc(-c3cc(NCCO)nc4[nH]ccc34)ccc2NC1=O. The van der Waals surface area contributed by atoms with E-state index in [1.54, 1.807) is 11.9 Å². The molecule has 7 heteroatoms. The Kier molecular flexibility index (Phi) is 3.77. The molecule has 0 atom stereocenters. The number of aromatic amines is 1. The molecular formula is C18H19N5O2. The highest BCUT2D eigenvalue weighted by Crippen LogP contribution is 2.33. The van der Waals surface area contributed by atoms with E-state index in [9.17, 15) is 4.79 Å². The second kappa shape index (κ2) is 6.10. The molecule has 0 aliphatic carbocycles. The summed E-state index contributed by atoms with van der Waals surface area (Å²) in [7, 11) is 1.78.